The molecule has 1 aromatic carbocycles. The van der Waals surface area contributed by atoms with Gasteiger partial charge in [0, 0.05) is 16.6 Å². The van der Waals surface area contributed by atoms with E-state index in [9.17, 15) is 0 Å². The average Bonchev–Trinajstić information content (AvgIpc) is 2.78. The van der Waals surface area contributed by atoms with Crippen molar-refractivity contribution in [3.8, 4) is 11.5 Å². The van der Waals surface area contributed by atoms with Gasteiger partial charge in [-0.05, 0) is 30.5 Å². The summed E-state index contributed by atoms with van der Waals surface area (Å²) in [5.41, 5.74) is 7.31. The minimum Gasteiger partial charge on any atom is -0.398 e. The largest absolute Gasteiger partial charge is 0.398 e. The molecule has 0 fully saturated rings. The summed E-state index contributed by atoms with van der Waals surface area (Å²) in [7, 11) is 0. The van der Waals surface area contributed by atoms with Crippen molar-refractivity contribution in [1.29, 1.82) is 0 Å². The highest BCUT2D eigenvalue weighted by molar-refractivity contribution is 9.10. The van der Waals surface area contributed by atoms with Crippen LogP contribution in [0.4, 0.5) is 5.69 Å². The maximum absolute atomic E-state index is 5.90. The first-order valence-electron chi connectivity index (χ1n) is 5.94. The van der Waals surface area contributed by atoms with Gasteiger partial charge in [-0.15, -0.1) is 0 Å². The van der Waals surface area contributed by atoms with E-state index >= 15 is 0 Å². The third-order valence-electron chi connectivity index (χ3n) is 2.66. The molecule has 0 saturated heterocycles. The van der Waals surface area contributed by atoms with E-state index in [-0.39, 0.29) is 0 Å². The van der Waals surface area contributed by atoms with E-state index in [1.807, 2.05) is 18.2 Å². The van der Waals surface area contributed by atoms with E-state index in [2.05, 4.69) is 39.9 Å². The lowest BCUT2D eigenvalue weighted by Crippen LogP contribution is -1.94. The molecular weight excluding hydrogens is 294 g/mol. The van der Waals surface area contributed by atoms with E-state index < -0.39 is 0 Å². The van der Waals surface area contributed by atoms with Gasteiger partial charge < -0.3 is 10.3 Å². The van der Waals surface area contributed by atoms with Crippen molar-refractivity contribution in [2.75, 3.05) is 5.73 Å². The Kier molecular flexibility index (Phi) is 4.01. The molecular formula is C13H16BrN3O. The number of rotatable bonds is 4. The molecule has 2 rings (SSSR count). The fraction of sp³-hybridized carbons (Fsp3) is 0.385. The van der Waals surface area contributed by atoms with E-state index in [0.29, 0.717) is 17.5 Å². The summed E-state index contributed by atoms with van der Waals surface area (Å²) in [6, 6.07) is 5.58. The Bertz CT molecular complexity index is 537. The highest BCUT2D eigenvalue weighted by Crippen LogP contribution is 2.27. The Morgan fingerprint density at radius 3 is 2.89 bits per heavy atom. The van der Waals surface area contributed by atoms with Gasteiger partial charge in [-0.2, -0.15) is 4.98 Å². The van der Waals surface area contributed by atoms with Gasteiger partial charge in [0.2, 0.25) is 0 Å². The summed E-state index contributed by atoms with van der Waals surface area (Å²) in [6.45, 7) is 4.35. The van der Waals surface area contributed by atoms with Crippen molar-refractivity contribution in [3.63, 3.8) is 0 Å². The number of anilines is 1. The Morgan fingerprint density at radius 2 is 2.17 bits per heavy atom. The van der Waals surface area contributed by atoms with Crippen molar-refractivity contribution in [2.45, 2.75) is 26.7 Å². The zero-order chi connectivity index (χ0) is 13.1. The maximum Gasteiger partial charge on any atom is 0.260 e. The lowest BCUT2D eigenvalue weighted by Gasteiger charge is -2.00. The molecule has 0 aliphatic carbocycles. The highest BCUT2D eigenvalue weighted by Gasteiger charge is 2.12. The molecule has 1 heterocycles. The molecule has 2 N–H and O–H groups in total. The second-order valence-corrected chi connectivity index (χ2v) is 5.60. The first kappa shape index (κ1) is 13.1. The van der Waals surface area contributed by atoms with Gasteiger partial charge in [-0.1, -0.05) is 34.9 Å². The van der Waals surface area contributed by atoms with Gasteiger partial charge in [0.15, 0.2) is 5.82 Å². The molecule has 2 aromatic rings. The van der Waals surface area contributed by atoms with Crippen LogP contribution in [-0.2, 0) is 6.42 Å². The quantitative estimate of drug-likeness (QED) is 0.875. The van der Waals surface area contributed by atoms with Crippen LogP contribution in [0.1, 0.15) is 26.1 Å². The number of benzene rings is 1. The molecule has 0 radical (unpaired) electrons. The van der Waals surface area contributed by atoms with Crippen molar-refractivity contribution in [2.24, 2.45) is 5.92 Å². The van der Waals surface area contributed by atoms with Gasteiger partial charge >= 0.3 is 0 Å². The van der Waals surface area contributed by atoms with Crippen LogP contribution in [0.25, 0.3) is 11.5 Å². The monoisotopic (exact) mass is 309 g/mol. The molecule has 0 bridgehead atoms. The van der Waals surface area contributed by atoms with Crippen LogP contribution in [0, 0.1) is 5.92 Å². The molecule has 0 unspecified atom stereocenters. The smallest absolute Gasteiger partial charge is 0.260 e. The number of nitrogens with zero attached hydrogens (tertiary/aromatic N) is 2. The molecule has 0 aliphatic heterocycles. The minimum absolute atomic E-state index is 0.479. The van der Waals surface area contributed by atoms with Crippen molar-refractivity contribution >= 4 is 21.6 Å². The predicted octanol–water partition coefficient (Wildman–Crippen LogP) is 3.67. The number of nitrogen functional groups attached to an aromatic ring is 1. The van der Waals surface area contributed by atoms with Crippen LogP contribution < -0.4 is 5.73 Å². The molecule has 4 nitrogen and oxygen atoms in total. The summed E-state index contributed by atoms with van der Waals surface area (Å²) >= 11 is 3.40. The normalized spacial score (nSPS) is 11.1. The van der Waals surface area contributed by atoms with Crippen LogP contribution in [0.5, 0.6) is 0 Å². The predicted molar refractivity (Wildman–Crippen MR) is 75.0 cm³/mol. The molecule has 96 valence electrons. The molecule has 0 amide bonds. The Labute approximate surface area is 115 Å². The lowest BCUT2D eigenvalue weighted by atomic mass is 10.1. The van der Waals surface area contributed by atoms with Gasteiger partial charge in [-0.25, -0.2) is 0 Å². The van der Waals surface area contributed by atoms with Crippen LogP contribution >= 0.6 is 15.9 Å². The van der Waals surface area contributed by atoms with Gasteiger partial charge in [0.05, 0.1) is 5.56 Å². The van der Waals surface area contributed by atoms with E-state index in [4.69, 9.17) is 10.3 Å². The second kappa shape index (κ2) is 5.52. The number of nitrogens with two attached hydrogens (primary N) is 1. The second-order valence-electron chi connectivity index (χ2n) is 4.68. The fourth-order valence-corrected chi connectivity index (χ4v) is 1.96. The summed E-state index contributed by atoms with van der Waals surface area (Å²) in [5.74, 6) is 1.84. The molecule has 18 heavy (non-hydrogen) atoms. The van der Waals surface area contributed by atoms with Crippen molar-refractivity contribution in [1.82, 2.24) is 10.1 Å². The third kappa shape index (κ3) is 3.10. The van der Waals surface area contributed by atoms with Crippen molar-refractivity contribution < 1.29 is 4.52 Å². The highest BCUT2D eigenvalue weighted by atomic mass is 79.9. The SMILES string of the molecule is CC(C)CCc1noc(-c2cc(Br)ccc2N)n1. The number of aromatic nitrogens is 2. The number of aryl methyl sites for hydroxylation is 1. The van der Waals surface area contributed by atoms with E-state index in [0.717, 1.165) is 28.7 Å². The lowest BCUT2D eigenvalue weighted by molar-refractivity contribution is 0.419. The Morgan fingerprint density at radius 1 is 1.39 bits per heavy atom. The first-order chi connectivity index (χ1) is 8.56. The molecule has 0 spiro atoms. The summed E-state index contributed by atoms with van der Waals surface area (Å²) in [4.78, 5) is 4.38. The zero-order valence-electron chi connectivity index (χ0n) is 10.5. The molecule has 0 atom stereocenters. The number of hydrogen-bond acceptors (Lipinski definition) is 4. The van der Waals surface area contributed by atoms with Crippen LogP contribution in [0.15, 0.2) is 27.2 Å². The molecule has 5 heteroatoms. The standard InChI is InChI=1S/C13H16BrN3O/c1-8(2)3-6-12-16-13(18-17-12)10-7-9(14)4-5-11(10)15/h4-5,7-8H,3,6,15H2,1-2H3. The Hall–Kier alpha value is -1.36. The van der Waals surface area contributed by atoms with Gasteiger partial charge in [-0.3, -0.25) is 0 Å². The average molecular weight is 310 g/mol. The molecule has 0 aliphatic rings. The zero-order valence-corrected chi connectivity index (χ0v) is 12.1. The van der Waals surface area contributed by atoms with Crippen LogP contribution in [-0.4, -0.2) is 10.1 Å². The topological polar surface area (TPSA) is 64.9 Å². The van der Waals surface area contributed by atoms with E-state index in [1.165, 1.54) is 0 Å². The summed E-state index contributed by atoms with van der Waals surface area (Å²) in [5, 5.41) is 3.98. The fourth-order valence-electron chi connectivity index (χ4n) is 1.60. The summed E-state index contributed by atoms with van der Waals surface area (Å²) < 4.78 is 6.20. The van der Waals surface area contributed by atoms with E-state index in [1.54, 1.807) is 0 Å². The van der Waals surface area contributed by atoms with Gasteiger partial charge in [0.1, 0.15) is 0 Å². The molecule has 0 saturated carbocycles. The van der Waals surface area contributed by atoms with Crippen LogP contribution in [0.3, 0.4) is 0 Å². The van der Waals surface area contributed by atoms with Gasteiger partial charge in [0.25, 0.3) is 5.89 Å². The number of halogens is 1. The summed E-state index contributed by atoms with van der Waals surface area (Å²) in [6.07, 6.45) is 1.88. The number of hydrogen-bond donors (Lipinski definition) is 1. The Balaban J connectivity index is 2.21. The van der Waals surface area contributed by atoms with Crippen LogP contribution in [0.2, 0.25) is 0 Å². The first-order valence-corrected chi connectivity index (χ1v) is 6.73. The molecule has 1 aromatic heterocycles. The third-order valence-corrected chi connectivity index (χ3v) is 3.15. The minimum atomic E-state index is 0.479. The van der Waals surface area contributed by atoms with Crippen molar-refractivity contribution in [3.05, 3.63) is 28.5 Å². The maximum atomic E-state index is 5.90.